The number of nitriles is 3. The lowest BCUT2D eigenvalue weighted by Gasteiger charge is -2.16. The first-order chi connectivity index (χ1) is 24.7. The molecule has 0 saturated carbocycles. The highest BCUT2D eigenvalue weighted by Gasteiger charge is 2.18. The minimum atomic E-state index is 0.558. The largest absolute Gasteiger partial charge is 0.309 e. The van der Waals surface area contributed by atoms with Crippen LogP contribution in [0.4, 0.5) is 0 Å². The van der Waals surface area contributed by atoms with Gasteiger partial charge in [0.2, 0.25) is 0 Å². The number of aromatic nitrogens is 2. The van der Waals surface area contributed by atoms with Crippen LogP contribution in [-0.2, 0) is 0 Å². The Labute approximate surface area is 287 Å². The summed E-state index contributed by atoms with van der Waals surface area (Å²) >= 11 is 0. The van der Waals surface area contributed by atoms with Gasteiger partial charge in [-0.05, 0) is 89.5 Å². The Kier molecular flexibility index (Phi) is 6.56. The van der Waals surface area contributed by atoms with Gasteiger partial charge >= 0.3 is 0 Å². The fraction of sp³-hybridized carbons (Fsp3) is 0. The SMILES string of the molecule is N#Cc1cc(-c2cccc(-n3c4ccccc4c4cccc(C#N)c43)c2)cc(-c2ccccc2-n2c3ccccc3c3cc(C#N)ccc32)c1. The molecule has 0 amide bonds. The standard InChI is InChI=1S/C45H25N5/c46-26-29-19-20-44-40(23-29)38-14-3-6-18-43(38)50(44)41-16-4-1-12-36(41)34-22-30(27-47)21-33(24-34)31-9-7-11-35(25-31)49-42-17-5-2-13-37(42)39-15-8-10-32(28-48)45(39)49/h1-25H. The summed E-state index contributed by atoms with van der Waals surface area (Å²) in [4.78, 5) is 0. The number of rotatable bonds is 4. The average Bonchev–Trinajstić information content (AvgIpc) is 3.70. The molecule has 2 heterocycles. The Balaban J connectivity index is 1.24. The van der Waals surface area contributed by atoms with Gasteiger partial charge in [-0.1, -0.05) is 78.9 Å². The van der Waals surface area contributed by atoms with Crippen molar-refractivity contribution < 1.29 is 0 Å². The van der Waals surface area contributed by atoms with E-state index in [0.717, 1.165) is 77.2 Å². The maximum atomic E-state index is 10.2. The summed E-state index contributed by atoms with van der Waals surface area (Å²) in [7, 11) is 0. The first-order valence-electron chi connectivity index (χ1n) is 16.3. The van der Waals surface area contributed by atoms with E-state index in [2.05, 4.69) is 94.1 Å². The van der Waals surface area contributed by atoms with Crippen molar-refractivity contribution in [2.75, 3.05) is 0 Å². The van der Waals surface area contributed by atoms with E-state index in [1.165, 1.54) is 0 Å². The van der Waals surface area contributed by atoms with Gasteiger partial charge in [-0.25, -0.2) is 0 Å². The molecule has 7 aromatic carbocycles. The highest BCUT2D eigenvalue weighted by atomic mass is 15.0. The molecule has 50 heavy (non-hydrogen) atoms. The fourth-order valence-corrected chi connectivity index (χ4v) is 7.43. The predicted octanol–water partition coefficient (Wildman–Crippen LogP) is 10.8. The van der Waals surface area contributed by atoms with Crippen LogP contribution < -0.4 is 0 Å². The molecule has 230 valence electrons. The van der Waals surface area contributed by atoms with E-state index in [-0.39, 0.29) is 0 Å². The Bertz CT molecular complexity index is 2970. The third-order valence-electron chi connectivity index (χ3n) is 9.57. The monoisotopic (exact) mass is 635 g/mol. The first-order valence-corrected chi connectivity index (χ1v) is 16.3. The molecular formula is C45H25N5. The molecule has 0 aliphatic carbocycles. The minimum absolute atomic E-state index is 0.558. The van der Waals surface area contributed by atoms with Crippen LogP contribution in [0.25, 0.3) is 77.2 Å². The lowest BCUT2D eigenvalue weighted by atomic mass is 9.95. The molecule has 2 aromatic heterocycles. The maximum Gasteiger partial charge on any atom is 0.101 e. The second-order valence-corrected chi connectivity index (χ2v) is 12.3. The molecular weight excluding hydrogens is 611 g/mol. The van der Waals surface area contributed by atoms with Crippen LogP contribution in [0.15, 0.2) is 152 Å². The molecule has 9 rings (SSSR count). The van der Waals surface area contributed by atoms with Gasteiger partial charge in [0.1, 0.15) is 6.07 Å². The van der Waals surface area contributed by atoms with Crippen molar-refractivity contribution >= 4 is 43.6 Å². The third kappa shape index (κ3) is 4.38. The average molecular weight is 636 g/mol. The lowest BCUT2D eigenvalue weighted by Crippen LogP contribution is -1.98. The van der Waals surface area contributed by atoms with Crippen molar-refractivity contribution in [3.8, 4) is 51.8 Å². The van der Waals surface area contributed by atoms with Gasteiger partial charge in [-0.3, -0.25) is 0 Å². The summed E-state index contributed by atoms with van der Waals surface area (Å²) in [6.07, 6.45) is 0. The van der Waals surface area contributed by atoms with E-state index < -0.39 is 0 Å². The van der Waals surface area contributed by atoms with Crippen molar-refractivity contribution in [1.29, 1.82) is 15.8 Å². The number of hydrogen-bond acceptors (Lipinski definition) is 3. The van der Waals surface area contributed by atoms with E-state index >= 15 is 0 Å². The van der Waals surface area contributed by atoms with Crippen molar-refractivity contribution in [2.24, 2.45) is 0 Å². The molecule has 0 atom stereocenters. The Morgan fingerprint density at radius 2 is 1.06 bits per heavy atom. The zero-order chi connectivity index (χ0) is 33.8. The third-order valence-corrected chi connectivity index (χ3v) is 9.57. The molecule has 0 aliphatic heterocycles. The van der Waals surface area contributed by atoms with E-state index in [1.54, 1.807) is 0 Å². The highest BCUT2D eigenvalue weighted by Crippen LogP contribution is 2.39. The molecule has 0 aliphatic rings. The smallest absolute Gasteiger partial charge is 0.101 e. The Hall–Kier alpha value is -7.39. The molecule has 0 unspecified atom stereocenters. The van der Waals surface area contributed by atoms with Gasteiger partial charge in [0.15, 0.2) is 0 Å². The van der Waals surface area contributed by atoms with E-state index in [0.29, 0.717) is 16.7 Å². The molecule has 0 fully saturated rings. The summed E-state index contributed by atoms with van der Waals surface area (Å²) in [5.74, 6) is 0. The van der Waals surface area contributed by atoms with Crippen LogP contribution in [0.1, 0.15) is 16.7 Å². The summed E-state index contributed by atoms with van der Waals surface area (Å²) in [5, 5.41) is 34.2. The summed E-state index contributed by atoms with van der Waals surface area (Å²) in [6.45, 7) is 0. The van der Waals surface area contributed by atoms with Crippen LogP contribution in [0.2, 0.25) is 0 Å². The predicted molar refractivity (Wildman–Crippen MR) is 200 cm³/mol. The quantitative estimate of drug-likeness (QED) is 0.193. The van der Waals surface area contributed by atoms with E-state index in [9.17, 15) is 15.8 Å². The van der Waals surface area contributed by atoms with Crippen LogP contribution in [-0.4, -0.2) is 9.13 Å². The zero-order valence-corrected chi connectivity index (χ0v) is 26.7. The van der Waals surface area contributed by atoms with Crippen LogP contribution >= 0.6 is 0 Å². The number of hydrogen-bond donors (Lipinski definition) is 0. The topological polar surface area (TPSA) is 81.2 Å². The summed E-state index contributed by atoms with van der Waals surface area (Å²) < 4.78 is 4.41. The van der Waals surface area contributed by atoms with Gasteiger partial charge in [0, 0.05) is 32.8 Å². The summed E-state index contributed by atoms with van der Waals surface area (Å²) in [5.41, 5.74) is 11.4. The number of para-hydroxylation sites is 4. The van der Waals surface area contributed by atoms with Gasteiger partial charge in [-0.2, -0.15) is 15.8 Å². The Morgan fingerprint density at radius 3 is 1.86 bits per heavy atom. The highest BCUT2D eigenvalue weighted by molar-refractivity contribution is 6.11. The van der Waals surface area contributed by atoms with Crippen LogP contribution in [0.3, 0.4) is 0 Å². The molecule has 5 heteroatoms. The van der Waals surface area contributed by atoms with Crippen molar-refractivity contribution in [1.82, 2.24) is 9.13 Å². The fourth-order valence-electron chi connectivity index (χ4n) is 7.43. The van der Waals surface area contributed by atoms with E-state index in [1.807, 2.05) is 84.9 Å². The van der Waals surface area contributed by atoms with E-state index in [4.69, 9.17) is 0 Å². The van der Waals surface area contributed by atoms with Crippen molar-refractivity contribution in [3.05, 3.63) is 168 Å². The second kappa shape index (κ2) is 11.4. The maximum absolute atomic E-state index is 10.2. The molecule has 5 nitrogen and oxygen atoms in total. The summed E-state index contributed by atoms with van der Waals surface area (Å²) in [6, 6.07) is 57.8. The van der Waals surface area contributed by atoms with Crippen LogP contribution in [0.5, 0.6) is 0 Å². The van der Waals surface area contributed by atoms with Gasteiger partial charge in [0.05, 0.1) is 56.6 Å². The van der Waals surface area contributed by atoms with Crippen molar-refractivity contribution in [3.63, 3.8) is 0 Å². The molecule has 9 aromatic rings. The molecule has 0 saturated heterocycles. The molecule has 0 N–H and O–H groups in total. The normalized spacial score (nSPS) is 11.1. The van der Waals surface area contributed by atoms with Crippen molar-refractivity contribution in [2.45, 2.75) is 0 Å². The number of nitrogens with zero attached hydrogens (tertiary/aromatic N) is 5. The van der Waals surface area contributed by atoms with Gasteiger partial charge in [-0.15, -0.1) is 0 Å². The number of fused-ring (bicyclic) bond motifs is 6. The molecule has 0 spiro atoms. The Morgan fingerprint density at radius 1 is 0.400 bits per heavy atom. The molecule has 0 radical (unpaired) electrons. The minimum Gasteiger partial charge on any atom is -0.309 e. The second-order valence-electron chi connectivity index (χ2n) is 12.3. The van der Waals surface area contributed by atoms with Gasteiger partial charge < -0.3 is 9.13 Å². The number of benzene rings is 7. The molecule has 0 bridgehead atoms. The first kappa shape index (κ1) is 28.8. The zero-order valence-electron chi connectivity index (χ0n) is 26.7. The van der Waals surface area contributed by atoms with Crippen LogP contribution in [0, 0.1) is 34.0 Å². The lowest BCUT2D eigenvalue weighted by molar-refractivity contribution is 1.18. The van der Waals surface area contributed by atoms with Gasteiger partial charge in [0.25, 0.3) is 0 Å².